The number of aryl methyl sites for hydroxylation is 1. The molecule has 0 saturated heterocycles. The van der Waals surface area contributed by atoms with E-state index in [0.717, 1.165) is 17.6 Å². The van der Waals surface area contributed by atoms with E-state index in [1.54, 1.807) is 12.5 Å². The van der Waals surface area contributed by atoms with Gasteiger partial charge in [-0.15, -0.1) is 10.2 Å². The Hall–Kier alpha value is -2.71. The van der Waals surface area contributed by atoms with Crippen LogP contribution in [0.4, 0.5) is 11.8 Å². The lowest BCUT2D eigenvalue weighted by molar-refractivity contribution is 0.787. The highest BCUT2D eigenvalue weighted by Gasteiger charge is 2.08. The first-order chi connectivity index (χ1) is 9.24. The minimum Gasteiger partial charge on any atom is -0.369 e. The lowest BCUT2D eigenvalue weighted by atomic mass is 10.3. The zero-order valence-electron chi connectivity index (χ0n) is 10.3. The predicted molar refractivity (Wildman–Crippen MR) is 69.3 cm³/mol. The van der Waals surface area contributed by atoms with Crippen LogP contribution < -0.4 is 11.1 Å². The Balaban J connectivity index is 1.75. The molecule has 0 bridgehead atoms. The molecule has 0 amide bonds. The van der Waals surface area contributed by atoms with E-state index < -0.39 is 0 Å². The number of hydrogen-bond acceptors (Lipinski definition) is 7. The summed E-state index contributed by atoms with van der Waals surface area (Å²) in [7, 11) is 1.91. The molecule has 0 fully saturated rings. The number of anilines is 2. The van der Waals surface area contributed by atoms with Crippen molar-refractivity contribution in [2.24, 2.45) is 7.05 Å². The number of aromatic amines is 1. The van der Waals surface area contributed by atoms with Crippen molar-refractivity contribution in [1.29, 1.82) is 0 Å². The minimum absolute atomic E-state index is 0.206. The maximum absolute atomic E-state index is 5.64. The second-order valence-corrected chi connectivity index (χ2v) is 4.10. The summed E-state index contributed by atoms with van der Waals surface area (Å²) in [5, 5.41) is 18.6. The van der Waals surface area contributed by atoms with Gasteiger partial charge in [-0.05, 0) is 0 Å². The molecule has 19 heavy (non-hydrogen) atoms. The highest BCUT2D eigenvalue weighted by atomic mass is 15.2. The van der Waals surface area contributed by atoms with Gasteiger partial charge in [0, 0.05) is 20.0 Å². The first-order valence-corrected chi connectivity index (χ1v) is 5.77. The van der Waals surface area contributed by atoms with Crippen molar-refractivity contribution in [3.63, 3.8) is 0 Å². The lowest BCUT2D eigenvalue weighted by Crippen LogP contribution is -2.11. The van der Waals surface area contributed by atoms with Crippen molar-refractivity contribution in [2.45, 2.75) is 6.42 Å². The van der Waals surface area contributed by atoms with Crippen LogP contribution in [0.1, 0.15) is 5.82 Å². The Bertz CT molecular complexity index is 698. The molecule has 4 N–H and O–H groups in total. The predicted octanol–water partition coefficient (Wildman–Crippen LogP) is -0.282. The molecule has 0 radical (unpaired) electrons. The fourth-order valence-electron chi connectivity index (χ4n) is 1.81. The molecule has 98 valence electrons. The van der Waals surface area contributed by atoms with E-state index in [4.69, 9.17) is 5.73 Å². The molecule has 0 aliphatic rings. The van der Waals surface area contributed by atoms with Crippen LogP contribution in [0.5, 0.6) is 0 Å². The molecular weight excluding hydrogens is 246 g/mol. The lowest BCUT2D eigenvalue weighted by Gasteiger charge is -2.06. The molecule has 3 aromatic rings. The molecule has 0 aliphatic heterocycles. The standard InChI is InChI=1S/C10H13N9/c1-19-5-14-17-7(19)2-3-12-8-6-4-13-18-9(6)16-10(11)15-8/h4-5H,2-3H2,1H3,(H4,11,12,13,15,16,18). The van der Waals surface area contributed by atoms with Crippen LogP contribution in [-0.2, 0) is 13.5 Å². The van der Waals surface area contributed by atoms with Crippen LogP contribution in [0.2, 0.25) is 0 Å². The van der Waals surface area contributed by atoms with Gasteiger partial charge in [-0.3, -0.25) is 5.10 Å². The molecule has 0 aliphatic carbocycles. The maximum Gasteiger partial charge on any atom is 0.224 e. The van der Waals surface area contributed by atoms with Crippen LogP contribution in [0.25, 0.3) is 11.0 Å². The van der Waals surface area contributed by atoms with Gasteiger partial charge >= 0.3 is 0 Å². The van der Waals surface area contributed by atoms with Crippen LogP contribution in [0.15, 0.2) is 12.5 Å². The number of nitrogens with one attached hydrogen (secondary N) is 2. The van der Waals surface area contributed by atoms with E-state index in [1.165, 1.54) is 0 Å². The van der Waals surface area contributed by atoms with Crippen molar-refractivity contribution in [1.82, 2.24) is 34.9 Å². The number of H-pyrrole nitrogens is 1. The van der Waals surface area contributed by atoms with Crippen LogP contribution in [0, 0.1) is 0 Å². The summed E-state index contributed by atoms with van der Waals surface area (Å²) in [5.74, 6) is 1.77. The second kappa shape index (κ2) is 4.52. The number of nitrogen functional groups attached to an aromatic ring is 1. The van der Waals surface area contributed by atoms with Gasteiger partial charge in [0.2, 0.25) is 5.95 Å². The Kier molecular flexibility index (Phi) is 2.71. The summed E-state index contributed by atoms with van der Waals surface area (Å²) >= 11 is 0. The van der Waals surface area contributed by atoms with Gasteiger partial charge < -0.3 is 15.6 Å². The topological polar surface area (TPSA) is 123 Å². The maximum atomic E-state index is 5.64. The number of rotatable bonds is 4. The summed E-state index contributed by atoms with van der Waals surface area (Å²) in [6, 6.07) is 0. The zero-order valence-corrected chi connectivity index (χ0v) is 10.3. The molecule has 0 saturated carbocycles. The van der Waals surface area contributed by atoms with Gasteiger partial charge in [0.25, 0.3) is 0 Å². The molecule has 0 atom stereocenters. The van der Waals surface area contributed by atoms with E-state index in [0.29, 0.717) is 18.0 Å². The second-order valence-electron chi connectivity index (χ2n) is 4.10. The summed E-state index contributed by atoms with van der Waals surface area (Å²) in [5.41, 5.74) is 6.26. The van der Waals surface area contributed by atoms with E-state index >= 15 is 0 Å². The van der Waals surface area contributed by atoms with E-state index in [9.17, 15) is 0 Å². The van der Waals surface area contributed by atoms with Gasteiger partial charge in [-0.1, -0.05) is 0 Å². The fourth-order valence-corrected chi connectivity index (χ4v) is 1.81. The van der Waals surface area contributed by atoms with Crippen molar-refractivity contribution in [3.8, 4) is 0 Å². The SMILES string of the molecule is Cn1cnnc1CCNc1nc(N)nc2[nH]ncc12. The smallest absolute Gasteiger partial charge is 0.224 e. The highest BCUT2D eigenvalue weighted by molar-refractivity contribution is 5.86. The average molecular weight is 259 g/mol. The quantitative estimate of drug-likeness (QED) is 0.588. The summed E-state index contributed by atoms with van der Waals surface area (Å²) in [6.45, 7) is 0.670. The third-order valence-electron chi connectivity index (χ3n) is 2.77. The molecule has 3 rings (SSSR count). The molecule has 9 nitrogen and oxygen atoms in total. The Morgan fingerprint density at radius 3 is 3.11 bits per heavy atom. The van der Waals surface area contributed by atoms with Crippen molar-refractivity contribution in [3.05, 3.63) is 18.3 Å². The first-order valence-electron chi connectivity index (χ1n) is 5.77. The summed E-state index contributed by atoms with van der Waals surface area (Å²) < 4.78 is 1.88. The molecule has 0 spiro atoms. The van der Waals surface area contributed by atoms with E-state index in [2.05, 4.69) is 35.7 Å². The molecule has 9 heteroatoms. The van der Waals surface area contributed by atoms with Crippen molar-refractivity contribution >= 4 is 22.8 Å². The van der Waals surface area contributed by atoms with Gasteiger partial charge in [0.05, 0.1) is 11.6 Å². The molecule has 3 aromatic heterocycles. The summed E-state index contributed by atoms with van der Waals surface area (Å²) in [4.78, 5) is 8.22. The third kappa shape index (κ3) is 2.17. The number of fused-ring (bicyclic) bond motifs is 1. The van der Waals surface area contributed by atoms with E-state index in [1.807, 2.05) is 11.6 Å². The van der Waals surface area contributed by atoms with Gasteiger partial charge in [0.1, 0.15) is 18.0 Å². The van der Waals surface area contributed by atoms with Crippen molar-refractivity contribution < 1.29 is 0 Å². The van der Waals surface area contributed by atoms with Gasteiger partial charge in [-0.25, -0.2) is 0 Å². The van der Waals surface area contributed by atoms with Gasteiger partial charge in [0.15, 0.2) is 5.65 Å². The average Bonchev–Trinajstić information content (AvgIpc) is 2.98. The largest absolute Gasteiger partial charge is 0.369 e. The van der Waals surface area contributed by atoms with Crippen LogP contribution in [0.3, 0.4) is 0 Å². The minimum atomic E-state index is 0.206. The summed E-state index contributed by atoms with van der Waals surface area (Å²) in [6.07, 6.45) is 4.07. The number of nitrogens with two attached hydrogens (primary N) is 1. The zero-order chi connectivity index (χ0) is 13.2. The number of hydrogen-bond donors (Lipinski definition) is 3. The highest BCUT2D eigenvalue weighted by Crippen LogP contribution is 2.18. The Morgan fingerprint density at radius 1 is 1.42 bits per heavy atom. The number of aromatic nitrogens is 7. The van der Waals surface area contributed by atoms with E-state index in [-0.39, 0.29) is 5.95 Å². The van der Waals surface area contributed by atoms with Crippen LogP contribution >= 0.6 is 0 Å². The van der Waals surface area contributed by atoms with Gasteiger partial charge in [-0.2, -0.15) is 15.1 Å². The normalized spacial score (nSPS) is 11.0. The molecule has 0 aromatic carbocycles. The fraction of sp³-hybridized carbons (Fsp3) is 0.300. The molecule has 0 unspecified atom stereocenters. The number of nitrogens with zero attached hydrogens (tertiary/aromatic N) is 6. The Morgan fingerprint density at radius 2 is 2.32 bits per heavy atom. The molecule has 3 heterocycles. The first kappa shape index (κ1) is 11.4. The molecular formula is C10H13N9. The third-order valence-corrected chi connectivity index (χ3v) is 2.77. The Labute approximate surface area is 108 Å². The van der Waals surface area contributed by atoms with Crippen LogP contribution in [-0.4, -0.2) is 41.5 Å². The van der Waals surface area contributed by atoms with Crippen molar-refractivity contribution in [2.75, 3.05) is 17.6 Å². The monoisotopic (exact) mass is 259 g/mol.